The van der Waals surface area contributed by atoms with Gasteiger partial charge in [-0.2, -0.15) is 0 Å². The topological polar surface area (TPSA) is 66.4 Å². The second-order valence-corrected chi connectivity index (χ2v) is 5.55. The fourth-order valence-corrected chi connectivity index (χ4v) is 1.88. The Morgan fingerprint density at radius 1 is 1.37 bits per heavy atom. The van der Waals surface area contributed by atoms with Crippen molar-refractivity contribution in [1.82, 2.24) is 5.32 Å². The lowest BCUT2D eigenvalue weighted by atomic mass is 9.97. The molecule has 0 aliphatic carbocycles. The molecule has 0 aromatic heterocycles. The molecule has 4 nitrogen and oxygen atoms in total. The first-order valence-electron chi connectivity index (χ1n) is 6.02. The number of nitrogens with one attached hydrogen (secondary N) is 1. The van der Waals surface area contributed by atoms with Gasteiger partial charge in [-0.05, 0) is 44.9 Å². The molecule has 1 aromatic rings. The smallest absolute Gasteiger partial charge is 0.303 e. The Balaban J connectivity index is 2.79. The highest BCUT2D eigenvalue weighted by Crippen LogP contribution is 2.20. The van der Waals surface area contributed by atoms with Crippen LogP contribution in [0.15, 0.2) is 18.2 Å². The lowest BCUT2D eigenvalue weighted by Crippen LogP contribution is -2.43. The number of rotatable bonds is 5. The number of amides is 1. The summed E-state index contributed by atoms with van der Waals surface area (Å²) in [5.74, 6) is -1.11. The van der Waals surface area contributed by atoms with Crippen molar-refractivity contribution < 1.29 is 14.7 Å². The molecule has 104 valence electrons. The van der Waals surface area contributed by atoms with Crippen molar-refractivity contribution in [2.75, 3.05) is 0 Å². The molecule has 0 saturated carbocycles. The number of halogens is 1. The summed E-state index contributed by atoms with van der Waals surface area (Å²) in [5, 5.41) is 12.1. The van der Waals surface area contributed by atoms with Crippen LogP contribution >= 0.6 is 11.6 Å². The molecule has 0 bridgehead atoms. The maximum absolute atomic E-state index is 12.2. The van der Waals surface area contributed by atoms with Gasteiger partial charge in [0.1, 0.15) is 0 Å². The van der Waals surface area contributed by atoms with E-state index in [1.807, 2.05) is 0 Å². The molecule has 0 radical (unpaired) electrons. The highest BCUT2D eigenvalue weighted by atomic mass is 35.5. The summed E-state index contributed by atoms with van der Waals surface area (Å²) in [4.78, 5) is 22.7. The Kier molecular flexibility index (Phi) is 4.95. The molecule has 0 spiro atoms. The Morgan fingerprint density at radius 3 is 2.58 bits per heavy atom. The third-order valence-corrected chi connectivity index (χ3v) is 3.34. The third kappa shape index (κ3) is 4.56. The Morgan fingerprint density at radius 2 is 2.00 bits per heavy atom. The van der Waals surface area contributed by atoms with E-state index < -0.39 is 11.5 Å². The van der Waals surface area contributed by atoms with Gasteiger partial charge in [-0.3, -0.25) is 9.59 Å². The van der Waals surface area contributed by atoms with Crippen molar-refractivity contribution in [3.63, 3.8) is 0 Å². The number of hydrogen-bond donors (Lipinski definition) is 2. The van der Waals surface area contributed by atoms with E-state index in [9.17, 15) is 9.59 Å². The zero-order chi connectivity index (χ0) is 14.6. The van der Waals surface area contributed by atoms with Crippen LogP contribution < -0.4 is 5.32 Å². The summed E-state index contributed by atoms with van der Waals surface area (Å²) in [6.07, 6.45) is 0.384. The van der Waals surface area contributed by atoms with Crippen LogP contribution in [0.25, 0.3) is 0 Å². The van der Waals surface area contributed by atoms with E-state index >= 15 is 0 Å². The van der Waals surface area contributed by atoms with E-state index in [-0.39, 0.29) is 12.3 Å². The molecular formula is C14H18ClNO3. The summed E-state index contributed by atoms with van der Waals surface area (Å²) in [6.45, 7) is 5.38. The fraction of sp³-hybridized carbons (Fsp3) is 0.429. The minimum Gasteiger partial charge on any atom is -0.481 e. The molecule has 19 heavy (non-hydrogen) atoms. The van der Waals surface area contributed by atoms with Crippen LogP contribution in [0, 0.1) is 6.92 Å². The largest absolute Gasteiger partial charge is 0.481 e. The molecule has 1 rings (SSSR count). The van der Waals surface area contributed by atoms with E-state index in [1.165, 1.54) is 0 Å². The quantitative estimate of drug-likeness (QED) is 0.873. The molecule has 1 amide bonds. The van der Waals surface area contributed by atoms with Gasteiger partial charge in [0.25, 0.3) is 5.91 Å². The summed E-state index contributed by atoms with van der Waals surface area (Å²) >= 11 is 5.97. The second kappa shape index (κ2) is 6.06. The molecule has 0 unspecified atom stereocenters. The van der Waals surface area contributed by atoms with Crippen LogP contribution in [0.1, 0.15) is 42.6 Å². The highest BCUT2D eigenvalue weighted by molar-refractivity contribution is 6.31. The number of carboxylic acids is 1. The van der Waals surface area contributed by atoms with Gasteiger partial charge < -0.3 is 10.4 Å². The average Bonchev–Trinajstić information content (AvgIpc) is 2.29. The molecule has 2 N–H and O–H groups in total. The number of aliphatic carboxylic acids is 1. The zero-order valence-electron chi connectivity index (χ0n) is 11.3. The van der Waals surface area contributed by atoms with Crippen molar-refractivity contribution >= 4 is 23.5 Å². The fourth-order valence-electron chi connectivity index (χ4n) is 1.71. The first kappa shape index (κ1) is 15.5. The zero-order valence-corrected chi connectivity index (χ0v) is 12.0. The van der Waals surface area contributed by atoms with Gasteiger partial charge in [-0.25, -0.2) is 0 Å². The predicted octanol–water partition coefficient (Wildman–Crippen LogP) is 3.02. The summed E-state index contributed by atoms with van der Waals surface area (Å²) < 4.78 is 0. The monoisotopic (exact) mass is 283 g/mol. The molecule has 0 atom stereocenters. The molecule has 5 heteroatoms. The van der Waals surface area contributed by atoms with Crippen LogP contribution in [0.3, 0.4) is 0 Å². The maximum atomic E-state index is 12.2. The molecule has 0 fully saturated rings. The number of benzene rings is 1. The van der Waals surface area contributed by atoms with E-state index in [0.717, 1.165) is 5.56 Å². The predicted molar refractivity (Wildman–Crippen MR) is 74.6 cm³/mol. The van der Waals surface area contributed by atoms with Gasteiger partial charge in [0.2, 0.25) is 0 Å². The molecule has 0 saturated heterocycles. The number of carboxylic acid groups (broad SMARTS) is 1. The third-order valence-electron chi connectivity index (χ3n) is 2.93. The lowest BCUT2D eigenvalue weighted by molar-refractivity contribution is -0.137. The van der Waals surface area contributed by atoms with Crippen molar-refractivity contribution in [3.05, 3.63) is 34.3 Å². The summed E-state index contributed by atoms with van der Waals surface area (Å²) in [5.41, 5.74) is 0.649. The van der Waals surface area contributed by atoms with Gasteiger partial charge in [-0.15, -0.1) is 0 Å². The van der Waals surface area contributed by atoms with Crippen molar-refractivity contribution in [2.24, 2.45) is 0 Å². The highest BCUT2D eigenvalue weighted by Gasteiger charge is 2.23. The van der Waals surface area contributed by atoms with Gasteiger partial charge >= 0.3 is 5.97 Å². The SMILES string of the molecule is Cc1c(Cl)cccc1C(=O)NC(C)(C)CCC(=O)O. The Hall–Kier alpha value is -1.55. The number of carbonyl (C=O) groups is 2. The van der Waals surface area contributed by atoms with E-state index in [1.54, 1.807) is 39.0 Å². The standard InChI is InChI=1S/C14H18ClNO3/c1-9-10(5-4-6-11(9)15)13(19)16-14(2,3)8-7-12(17)18/h4-6H,7-8H2,1-3H3,(H,16,19)(H,17,18). The summed E-state index contributed by atoms with van der Waals surface area (Å²) in [7, 11) is 0. The van der Waals surface area contributed by atoms with E-state index in [0.29, 0.717) is 17.0 Å². The molecule has 0 aliphatic heterocycles. The average molecular weight is 284 g/mol. The van der Waals surface area contributed by atoms with Gasteiger partial charge in [0, 0.05) is 22.5 Å². The van der Waals surface area contributed by atoms with Gasteiger partial charge in [0.15, 0.2) is 0 Å². The Bertz CT molecular complexity index is 497. The molecule has 0 heterocycles. The van der Waals surface area contributed by atoms with Gasteiger partial charge in [-0.1, -0.05) is 17.7 Å². The van der Waals surface area contributed by atoms with Crippen LogP contribution in [0.2, 0.25) is 5.02 Å². The van der Waals surface area contributed by atoms with Crippen LogP contribution in [0.4, 0.5) is 0 Å². The number of hydrogen-bond acceptors (Lipinski definition) is 2. The molecular weight excluding hydrogens is 266 g/mol. The summed E-state index contributed by atoms with van der Waals surface area (Å²) in [6, 6.07) is 5.14. The minimum atomic E-state index is -0.874. The maximum Gasteiger partial charge on any atom is 0.303 e. The van der Waals surface area contributed by atoms with Crippen molar-refractivity contribution in [2.45, 2.75) is 39.2 Å². The Labute approximate surface area is 117 Å². The lowest BCUT2D eigenvalue weighted by Gasteiger charge is -2.26. The first-order chi connectivity index (χ1) is 8.73. The normalized spacial score (nSPS) is 11.2. The van der Waals surface area contributed by atoms with Crippen molar-refractivity contribution in [1.29, 1.82) is 0 Å². The van der Waals surface area contributed by atoms with Crippen LogP contribution in [-0.4, -0.2) is 22.5 Å². The number of carbonyl (C=O) groups excluding carboxylic acids is 1. The van der Waals surface area contributed by atoms with Crippen molar-refractivity contribution in [3.8, 4) is 0 Å². The van der Waals surface area contributed by atoms with Gasteiger partial charge in [0.05, 0.1) is 0 Å². The van der Waals surface area contributed by atoms with E-state index in [4.69, 9.17) is 16.7 Å². The second-order valence-electron chi connectivity index (χ2n) is 5.14. The minimum absolute atomic E-state index is 0.0157. The van der Waals surface area contributed by atoms with Crippen LogP contribution in [-0.2, 0) is 4.79 Å². The molecule has 0 aliphatic rings. The molecule has 1 aromatic carbocycles. The first-order valence-corrected chi connectivity index (χ1v) is 6.40. The van der Waals surface area contributed by atoms with E-state index in [2.05, 4.69) is 5.32 Å². The van der Waals surface area contributed by atoms with Crippen LogP contribution in [0.5, 0.6) is 0 Å².